The van der Waals surface area contributed by atoms with Crippen LogP contribution in [0.5, 0.6) is 0 Å². The molecule has 8 amide bonds. The van der Waals surface area contributed by atoms with E-state index in [2.05, 4.69) is 31.6 Å². The number of para-hydroxylation sites is 1. The maximum Gasteiger partial charge on any atom is 0.326 e. The molecule has 0 aliphatic carbocycles. The molecule has 0 unspecified atom stereocenters. The fourth-order valence-electron chi connectivity index (χ4n) is 8.23. The van der Waals surface area contributed by atoms with Crippen LogP contribution in [0.3, 0.4) is 0 Å². The summed E-state index contributed by atoms with van der Waals surface area (Å²) in [5, 5.41) is 24.5. The lowest BCUT2D eigenvalue weighted by Gasteiger charge is -2.41. The molecule has 65 heavy (non-hydrogen) atoms. The largest absolute Gasteiger partial charge is 0.480 e. The molecule has 0 radical (unpaired) electrons. The normalized spacial score (nSPS) is 26.5. The topological polar surface area (TPSA) is 305 Å². The van der Waals surface area contributed by atoms with Crippen LogP contribution in [0.2, 0.25) is 0 Å². The highest BCUT2D eigenvalue weighted by Crippen LogP contribution is 2.52. The number of fused-ring (bicyclic) bond motifs is 1. The van der Waals surface area contributed by atoms with Crippen LogP contribution >= 0.6 is 33.3 Å². The van der Waals surface area contributed by atoms with Gasteiger partial charge in [-0.05, 0) is 75.0 Å². The number of nitrogens with one attached hydrogen (secondary N) is 6. The van der Waals surface area contributed by atoms with Crippen molar-refractivity contribution in [3.8, 4) is 0 Å². The van der Waals surface area contributed by atoms with Crippen molar-refractivity contribution in [2.24, 2.45) is 17.4 Å². The number of benzene rings is 1. The quantitative estimate of drug-likeness (QED) is 0.143. The summed E-state index contributed by atoms with van der Waals surface area (Å²) >= 11 is 1.73. The van der Waals surface area contributed by atoms with Crippen LogP contribution in [0.15, 0.2) is 30.5 Å². The van der Waals surface area contributed by atoms with Crippen LogP contribution in [0.25, 0.3) is 10.9 Å². The molecule has 3 fully saturated rings. The average molecular weight is 960 g/mol. The molecule has 3 aliphatic rings. The second-order valence-corrected chi connectivity index (χ2v) is 22.0. The highest BCUT2D eigenvalue weighted by atomic mass is 33.1. The monoisotopic (exact) mass is 959 g/mol. The van der Waals surface area contributed by atoms with Gasteiger partial charge < -0.3 is 53.0 Å². The summed E-state index contributed by atoms with van der Waals surface area (Å²) in [5.74, 6) is -6.68. The van der Waals surface area contributed by atoms with Gasteiger partial charge in [-0.1, -0.05) is 60.1 Å². The molecule has 3 aliphatic heterocycles. The van der Waals surface area contributed by atoms with E-state index in [4.69, 9.17) is 11.5 Å². The number of aromatic nitrogens is 1. The first-order valence-corrected chi connectivity index (χ1v) is 25.1. The molecule has 0 saturated carbocycles. The predicted molar refractivity (Wildman–Crippen MR) is 249 cm³/mol. The van der Waals surface area contributed by atoms with Gasteiger partial charge >= 0.3 is 5.97 Å². The number of thioether (sulfide) groups is 1. The van der Waals surface area contributed by atoms with Crippen molar-refractivity contribution < 1.29 is 48.3 Å². The van der Waals surface area contributed by atoms with E-state index >= 15 is 0 Å². The lowest BCUT2D eigenvalue weighted by atomic mass is 9.95. The molecule has 19 nitrogen and oxygen atoms in total. The van der Waals surface area contributed by atoms with E-state index < -0.39 is 111 Å². The Kier molecular flexibility index (Phi) is 17.7. The van der Waals surface area contributed by atoms with Crippen LogP contribution in [-0.2, 0) is 49.6 Å². The fraction of sp³-hybridized carbons (Fsp3) is 0.605. The van der Waals surface area contributed by atoms with Crippen LogP contribution in [0.4, 0.5) is 0 Å². The Labute approximate surface area is 389 Å². The number of amides is 8. The fourth-order valence-corrected chi connectivity index (χ4v) is 13.1. The van der Waals surface area contributed by atoms with Gasteiger partial charge in [0.25, 0.3) is 0 Å². The molecule has 1 aromatic heterocycles. The zero-order valence-corrected chi connectivity index (χ0v) is 39.5. The summed E-state index contributed by atoms with van der Waals surface area (Å²) < 4.78 is -1.93. The maximum absolute atomic E-state index is 14.6. The molecular formula is C43H61N9O10S3. The number of aromatic amines is 1. The number of nitrogens with zero attached hydrogens (tertiary/aromatic N) is 1. The van der Waals surface area contributed by atoms with Gasteiger partial charge in [-0.3, -0.25) is 38.4 Å². The summed E-state index contributed by atoms with van der Waals surface area (Å²) in [6.45, 7) is 7.03. The van der Waals surface area contributed by atoms with Crippen molar-refractivity contribution in [3.05, 3.63) is 36.0 Å². The predicted octanol–water partition coefficient (Wildman–Crippen LogP) is 1.23. The summed E-state index contributed by atoms with van der Waals surface area (Å²) in [5.41, 5.74) is 12.6. The molecule has 22 heteroatoms. The Hall–Kier alpha value is -4.96. The first-order chi connectivity index (χ1) is 30.7. The number of H-pyrrole nitrogens is 1. The van der Waals surface area contributed by atoms with E-state index in [9.17, 15) is 48.3 Å². The standard InChI is InChI=1S/C43H61N9O10S3/c1-5-23(2)34-39(59)48-27(12-13-31(44)53)36(56)49-29(20-32(45)54)38(58)51-35(40(60)52-16-8-11-30(52)41(61)62)42(3,4)64-65-43(14-17-63-18-15-43)21-33(55)47-28(37(57)50-34)19-24-22-46-26-10-7-6-9-25(24)26/h6-7,9-10,22-23,27-30,34-35,46H,5,8,11-21H2,1-4H3,(H2,44,53)(H2,45,54)(H,47,55)(H,48,59)(H,49,56)(H,50,57)(H,51,58)(H,61,62)/t23-,27-,28+,29-,30-,34-,35+/m0/s1. The first-order valence-electron chi connectivity index (χ1n) is 21.8. The minimum atomic E-state index is -1.70. The van der Waals surface area contributed by atoms with Gasteiger partial charge in [0, 0.05) is 52.4 Å². The summed E-state index contributed by atoms with van der Waals surface area (Å²) in [6, 6.07) is -0.736. The van der Waals surface area contributed by atoms with Gasteiger partial charge in [0.2, 0.25) is 47.3 Å². The number of carbonyl (C=O) groups is 9. The van der Waals surface area contributed by atoms with Crippen LogP contribution in [0, 0.1) is 5.92 Å². The van der Waals surface area contributed by atoms with Crippen molar-refractivity contribution >= 4 is 97.5 Å². The molecule has 1 aromatic carbocycles. The summed E-state index contributed by atoms with van der Waals surface area (Å²) in [6.07, 6.45) is 2.47. The summed E-state index contributed by atoms with van der Waals surface area (Å²) in [7, 11) is 2.62. The number of likely N-dealkylation sites (tertiary alicyclic amines) is 1. The number of hydrogen-bond donors (Lipinski definition) is 9. The van der Waals surface area contributed by atoms with Gasteiger partial charge in [0.05, 0.1) is 6.42 Å². The Morgan fingerprint density at radius 1 is 0.862 bits per heavy atom. The van der Waals surface area contributed by atoms with Crippen molar-refractivity contribution in [1.82, 2.24) is 36.5 Å². The number of rotatable bonds is 11. The van der Waals surface area contributed by atoms with E-state index in [1.54, 1.807) is 45.7 Å². The van der Waals surface area contributed by atoms with E-state index in [1.807, 2.05) is 24.3 Å². The molecule has 2 aromatic rings. The third-order valence-electron chi connectivity index (χ3n) is 12.3. The number of aliphatic carboxylic acids is 1. The zero-order valence-electron chi connectivity index (χ0n) is 37.1. The minimum absolute atomic E-state index is 0.0271. The maximum atomic E-state index is 14.6. The number of carboxylic acid groups (broad SMARTS) is 1. The highest BCUT2D eigenvalue weighted by molar-refractivity contribution is 8.77. The highest BCUT2D eigenvalue weighted by Gasteiger charge is 2.47. The molecule has 3 saturated heterocycles. The second-order valence-electron chi connectivity index (χ2n) is 17.6. The summed E-state index contributed by atoms with van der Waals surface area (Å²) in [4.78, 5) is 127. The Balaban J connectivity index is 1.60. The number of primary amides is 2. The lowest BCUT2D eigenvalue weighted by molar-refractivity contribution is -0.149. The molecular weight excluding hydrogens is 899 g/mol. The third kappa shape index (κ3) is 13.3. The van der Waals surface area contributed by atoms with Crippen molar-refractivity contribution in [3.63, 3.8) is 0 Å². The van der Waals surface area contributed by atoms with Gasteiger partial charge in [-0.15, -0.1) is 0 Å². The van der Waals surface area contributed by atoms with Crippen LogP contribution in [-0.4, -0.2) is 132 Å². The molecule has 0 bridgehead atoms. The third-order valence-corrected chi connectivity index (χ3v) is 17.5. The Morgan fingerprint density at radius 2 is 1.52 bits per heavy atom. The Morgan fingerprint density at radius 3 is 2.18 bits per heavy atom. The van der Waals surface area contributed by atoms with Gasteiger partial charge in [-0.25, -0.2) is 4.79 Å². The molecule has 5 rings (SSSR count). The lowest BCUT2D eigenvalue weighted by Crippen LogP contribution is -2.63. The van der Waals surface area contributed by atoms with Gasteiger partial charge in [-0.2, -0.15) is 11.8 Å². The molecule has 7 atom stereocenters. The smallest absolute Gasteiger partial charge is 0.326 e. The zero-order chi connectivity index (χ0) is 47.6. The second kappa shape index (κ2) is 22.5. The Bertz CT molecular complexity index is 2130. The molecule has 356 valence electrons. The van der Waals surface area contributed by atoms with Gasteiger partial charge in [0.15, 0.2) is 0 Å². The van der Waals surface area contributed by atoms with Gasteiger partial charge in [0.1, 0.15) is 36.3 Å². The van der Waals surface area contributed by atoms with E-state index in [1.165, 1.54) is 26.5 Å². The number of nitrogens with two attached hydrogens (primary N) is 2. The van der Waals surface area contributed by atoms with Crippen molar-refractivity contribution in [2.45, 2.75) is 138 Å². The molecule has 11 N–H and O–H groups in total. The van der Waals surface area contributed by atoms with E-state index in [0.29, 0.717) is 37.2 Å². The number of carbonyl (C=O) groups excluding carboxylic acids is 8. The van der Waals surface area contributed by atoms with Crippen molar-refractivity contribution in [1.29, 1.82) is 0 Å². The first kappa shape index (κ1) is 51.0. The SMILES string of the molecule is CC[C@H](C)[C@@H]1NC(=O)[C@@H](Cc2c[nH]c3ccccc23)NC(=O)CC2(CCSCC2)SSC(C)(C)[C@@H](C(=O)N2CCC[C@H]2C(=O)O)NC(=O)[C@H](CC(N)=O)NC(=O)[C@H](CCC(N)=O)NC1=O. The van der Waals surface area contributed by atoms with Crippen LogP contribution < -0.4 is 38.1 Å². The number of carboxylic acids is 1. The molecule has 4 heterocycles. The molecule has 1 spiro atoms. The number of hydrogen-bond acceptors (Lipinski definition) is 12. The van der Waals surface area contributed by atoms with Crippen LogP contribution in [0.1, 0.15) is 91.0 Å². The minimum Gasteiger partial charge on any atom is -0.480 e. The van der Waals surface area contributed by atoms with E-state index in [0.717, 1.165) is 16.5 Å². The average Bonchev–Trinajstić information content (AvgIpc) is 3.92. The van der Waals surface area contributed by atoms with Crippen molar-refractivity contribution in [2.75, 3.05) is 18.1 Å². The van der Waals surface area contributed by atoms with E-state index in [-0.39, 0.29) is 38.6 Å².